The Hall–Kier alpha value is -0.860. The Morgan fingerprint density at radius 3 is 2.44 bits per heavy atom. The largest absolute Gasteiger partial charge is 0.393 e. The molecule has 1 rings (SSSR count). The summed E-state index contributed by atoms with van der Waals surface area (Å²) in [6, 6.07) is 8.09. The SMILES string of the molecule is CCCC(O)c1cccc(CCC(O)C(C)C)c1. The van der Waals surface area contributed by atoms with Crippen LogP contribution in [0.3, 0.4) is 0 Å². The van der Waals surface area contributed by atoms with Gasteiger partial charge < -0.3 is 10.2 Å². The molecular weight excluding hydrogens is 224 g/mol. The van der Waals surface area contributed by atoms with Crippen LogP contribution in [0.15, 0.2) is 24.3 Å². The van der Waals surface area contributed by atoms with E-state index in [0.717, 1.165) is 31.2 Å². The summed E-state index contributed by atoms with van der Waals surface area (Å²) in [7, 11) is 0. The molecule has 102 valence electrons. The van der Waals surface area contributed by atoms with Gasteiger partial charge in [-0.15, -0.1) is 0 Å². The van der Waals surface area contributed by atoms with Crippen LogP contribution in [0.1, 0.15) is 57.3 Å². The number of hydrogen-bond donors (Lipinski definition) is 2. The highest BCUT2D eigenvalue weighted by Crippen LogP contribution is 2.20. The Bertz CT molecular complexity index is 347. The lowest BCUT2D eigenvalue weighted by molar-refractivity contribution is 0.116. The molecule has 2 N–H and O–H groups in total. The molecule has 2 nitrogen and oxygen atoms in total. The van der Waals surface area contributed by atoms with Gasteiger partial charge in [-0.05, 0) is 36.3 Å². The van der Waals surface area contributed by atoms with Gasteiger partial charge in [-0.2, -0.15) is 0 Å². The Balaban J connectivity index is 2.59. The topological polar surface area (TPSA) is 40.5 Å². The fourth-order valence-corrected chi connectivity index (χ4v) is 2.04. The van der Waals surface area contributed by atoms with E-state index in [1.165, 1.54) is 5.56 Å². The molecule has 0 aromatic heterocycles. The molecule has 0 amide bonds. The summed E-state index contributed by atoms with van der Waals surface area (Å²) in [5.74, 6) is 0.305. The van der Waals surface area contributed by atoms with Gasteiger partial charge in [-0.1, -0.05) is 51.5 Å². The molecule has 0 spiro atoms. The number of aryl methyl sites for hydroxylation is 1. The summed E-state index contributed by atoms with van der Waals surface area (Å²) in [6.45, 7) is 6.14. The van der Waals surface area contributed by atoms with Crippen LogP contribution in [-0.4, -0.2) is 16.3 Å². The van der Waals surface area contributed by atoms with Crippen LogP contribution < -0.4 is 0 Å². The highest BCUT2D eigenvalue weighted by atomic mass is 16.3. The van der Waals surface area contributed by atoms with E-state index in [2.05, 4.69) is 19.1 Å². The fourth-order valence-electron chi connectivity index (χ4n) is 2.04. The molecule has 2 atom stereocenters. The lowest BCUT2D eigenvalue weighted by Gasteiger charge is -2.15. The summed E-state index contributed by atoms with van der Waals surface area (Å²) in [5, 5.41) is 19.8. The van der Waals surface area contributed by atoms with Gasteiger partial charge in [0.1, 0.15) is 0 Å². The summed E-state index contributed by atoms with van der Waals surface area (Å²) in [5.41, 5.74) is 2.19. The normalized spacial score (nSPS) is 14.8. The van der Waals surface area contributed by atoms with Crippen molar-refractivity contribution < 1.29 is 10.2 Å². The van der Waals surface area contributed by atoms with E-state index >= 15 is 0 Å². The van der Waals surface area contributed by atoms with Crippen molar-refractivity contribution in [3.05, 3.63) is 35.4 Å². The quantitative estimate of drug-likeness (QED) is 0.778. The highest BCUT2D eigenvalue weighted by molar-refractivity contribution is 5.25. The van der Waals surface area contributed by atoms with Gasteiger partial charge in [0.15, 0.2) is 0 Å². The van der Waals surface area contributed by atoms with Crippen molar-refractivity contribution in [1.82, 2.24) is 0 Å². The summed E-state index contributed by atoms with van der Waals surface area (Å²) < 4.78 is 0. The molecule has 1 aromatic carbocycles. The van der Waals surface area contributed by atoms with Gasteiger partial charge in [0.05, 0.1) is 12.2 Å². The zero-order valence-corrected chi connectivity index (χ0v) is 11.8. The van der Waals surface area contributed by atoms with Gasteiger partial charge >= 0.3 is 0 Å². The Kier molecular flexibility index (Phi) is 6.37. The molecule has 2 unspecified atom stereocenters. The van der Waals surface area contributed by atoms with Gasteiger partial charge in [0.25, 0.3) is 0 Å². The molecule has 18 heavy (non-hydrogen) atoms. The average Bonchev–Trinajstić information content (AvgIpc) is 2.36. The van der Waals surface area contributed by atoms with Crippen molar-refractivity contribution in [1.29, 1.82) is 0 Å². The first-order chi connectivity index (χ1) is 8.54. The third-order valence-electron chi connectivity index (χ3n) is 3.40. The van der Waals surface area contributed by atoms with Crippen LogP contribution in [0.5, 0.6) is 0 Å². The number of aliphatic hydroxyl groups excluding tert-OH is 2. The number of hydrogen-bond acceptors (Lipinski definition) is 2. The predicted molar refractivity (Wildman–Crippen MR) is 75.5 cm³/mol. The third-order valence-corrected chi connectivity index (χ3v) is 3.40. The Labute approximate surface area is 111 Å². The highest BCUT2D eigenvalue weighted by Gasteiger charge is 2.10. The Morgan fingerprint density at radius 1 is 1.11 bits per heavy atom. The van der Waals surface area contributed by atoms with E-state index in [-0.39, 0.29) is 12.2 Å². The summed E-state index contributed by atoms with van der Waals surface area (Å²) in [6.07, 6.45) is 2.84. The van der Waals surface area contributed by atoms with Gasteiger partial charge in [0, 0.05) is 0 Å². The molecular formula is C16H26O2. The van der Waals surface area contributed by atoms with Crippen LogP contribution in [0.25, 0.3) is 0 Å². The molecule has 0 bridgehead atoms. The molecule has 0 radical (unpaired) electrons. The van der Waals surface area contributed by atoms with Crippen molar-refractivity contribution in [2.75, 3.05) is 0 Å². The van der Waals surface area contributed by atoms with Crippen molar-refractivity contribution in [3.63, 3.8) is 0 Å². The van der Waals surface area contributed by atoms with E-state index in [1.54, 1.807) is 0 Å². The lowest BCUT2D eigenvalue weighted by Crippen LogP contribution is -2.15. The molecule has 2 heteroatoms. The zero-order valence-electron chi connectivity index (χ0n) is 11.8. The van der Waals surface area contributed by atoms with Crippen molar-refractivity contribution in [2.45, 2.75) is 58.7 Å². The van der Waals surface area contributed by atoms with E-state index in [1.807, 2.05) is 26.0 Å². The first-order valence-corrected chi connectivity index (χ1v) is 6.99. The van der Waals surface area contributed by atoms with Crippen molar-refractivity contribution >= 4 is 0 Å². The van der Waals surface area contributed by atoms with Gasteiger partial charge in [-0.3, -0.25) is 0 Å². The average molecular weight is 250 g/mol. The molecule has 0 saturated heterocycles. The molecule has 0 fully saturated rings. The molecule has 0 saturated carbocycles. The zero-order chi connectivity index (χ0) is 13.5. The monoisotopic (exact) mass is 250 g/mol. The van der Waals surface area contributed by atoms with Gasteiger partial charge in [0.2, 0.25) is 0 Å². The molecule has 0 aliphatic rings. The maximum atomic E-state index is 9.96. The molecule has 0 heterocycles. The molecule has 0 aliphatic heterocycles. The first-order valence-electron chi connectivity index (χ1n) is 6.99. The van der Waals surface area contributed by atoms with Crippen LogP contribution >= 0.6 is 0 Å². The number of rotatable bonds is 7. The van der Waals surface area contributed by atoms with Crippen LogP contribution in [-0.2, 0) is 6.42 Å². The van der Waals surface area contributed by atoms with Crippen molar-refractivity contribution in [2.24, 2.45) is 5.92 Å². The first kappa shape index (κ1) is 15.2. The molecule has 0 aliphatic carbocycles. The predicted octanol–water partition coefficient (Wildman–Crippen LogP) is 3.47. The standard InChI is InChI=1S/C16H26O2/c1-4-6-16(18)14-8-5-7-13(11-14)9-10-15(17)12(2)3/h5,7-8,11-12,15-18H,4,6,9-10H2,1-3H3. The maximum Gasteiger partial charge on any atom is 0.0790 e. The summed E-state index contributed by atoms with van der Waals surface area (Å²) in [4.78, 5) is 0. The van der Waals surface area contributed by atoms with E-state index in [4.69, 9.17) is 0 Å². The smallest absolute Gasteiger partial charge is 0.0790 e. The van der Waals surface area contributed by atoms with E-state index < -0.39 is 0 Å². The second-order valence-corrected chi connectivity index (χ2v) is 5.40. The van der Waals surface area contributed by atoms with Gasteiger partial charge in [-0.25, -0.2) is 0 Å². The lowest BCUT2D eigenvalue weighted by atomic mass is 9.97. The van der Waals surface area contributed by atoms with Crippen LogP contribution in [0.4, 0.5) is 0 Å². The Morgan fingerprint density at radius 2 is 1.83 bits per heavy atom. The maximum absolute atomic E-state index is 9.96. The number of benzene rings is 1. The summed E-state index contributed by atoms with van der Waals surface area (Å²) >= 11 is 0. The molecule has 1 aromatic rings. The minimum atomic E-state index is -0.357. The number of aliphatic hydroxyl groups is 2. The van der Waals surface area contributed by atoms with E-state index in [0.29, 0.717) is 5.92 Å². The minimum Gasteiger partial charge on any atom is -0.393 e. The van der Waals surface area contributed by atoms with Crippen LogP contribution in [0.2, 0.25) is 0 Å². The van der Waals surface area contributed by atoms with Crippen molar-refractivity contribution in [3.8, 4) is 0 Å². The second kappa shape index (κ2) is 7.55. The fraction of sp³-hybridized carbons (Fsp3) is 0.625. The van der Waals surface area contributed by atoms with E-state index in [9.17, 15) is 10.2 Å². The minimum absolute atomic E-state index is 0.241. The van der Waals surface area contributed by atoms with Crippen LogP contribution in [0, 0.1) is 5.92 Å². The second-order valence-electron chi connectivity index (χ2n) is 5.40. The third kappa shape index (κ3) is 4.79.